The molecule has 10 heteroatoms. The first kappa shape index (κ1) is 17.8. The maximum Gasteiger partial charge on any atom is 0.387 e. The lowest BCUT2D eigenvalue weighted by molar-refractivity contribution is -0.126. The molecule has 6 nitrogen and oxygen atoms in total. The molecule has 0 unspecified atom stereocenters. The lowest BCUT2D eigenvalue weighted by Crippen LogP contribution is -2.40. The maximum atomic E-state index is 12.4. The highest BCUT2D eigenvalue weighted by Crippen LogP contribution is 2.33. The van der Waals surface area contributed by atoms with Crippen molar-refractivity contribution >= 4 is 17.5 Å². The van der Waals surface area contributed by atoms with Gasteiger partial charge in [0.2, 0.25) is 11.8 Å². The Morgan fingerprint density at radius 2 is 1.83 bits per heavy atom. The molecule has 0 radical (unpaired) electrons. The molecule has 1 aromatic rings. The summed E-state index contributed by atoms with van der Waals surface area (Å²) >= 11 is 0. The summed E-state index contributed by atoms with van der Waals surface area (Å²) in [5.74, 6) is -2.26. The van der Waals surface area contributed by atoms with Crippen LogP contribution in [0.25, 0.3) is 0 Å². The van der Waals surface area contributed by atoms with E-state index in [0.29, 0.717) is 6.42 Å². The number of ether oxygens (including phenoxy) is 2. The molecule has 1 aromatic carbocycles. The largest absolute Gasteiger partial charge is 0.431 e. The van der Waals surface area contributed by atoms with Crippen LogP contribution in [0.2, 0.25) is 0 Å². The molecule has 0 aromatic heterocycles. The van der Waals surface area contributed by atoms with E-state index < -0.39 is 36.5 Å². The smallest absolute Gasteiger partial charge is 0.387 e. The molecule has 0 saturated carbocycles. The van der Waals surface area contributed by atoms with Crippen LogP contribution in [0, 0.1) is 5.92 Å². The Morgan fingerprint density at radius 3 is 2.42 bits per heavy atom. The van der Waals surface area contributed by atoms with Crippen LogP contribution < -0.4 is 20.1 Å². The van der Waals surface area contributed by atoms with E-state index in [-0.39, 0.29) is 24.6 Å². The van der Waals surface area contributed by atoms with E-state index in [4.69, 9.17) is 0 Å². The fraction of sp³-hybridized carbons (Fsp3) is 0.429. The lowest BCUT2D eigenvalue weighted by atomic mass is 9.98. The van der Waals surface area contributed by atoms with Gasteiger partial charge in [-0.15, -0.1) is 0 Å². The molecule has 1 aliphatic rings. The van der Waals surface area contributed by atoms with Crippen molar-refractivity contribution in [1.29, 1.82) is 0 Å². The SMILES string of the molecule is O=C1CC[C@H](C(=O)Nc2ccc(OC(F)F)c(OC(F)F)c2)CN1. The van der Waals surface area contributed by atoms with Crippen molar-refractivity contribution in [2.75, 3.05) is 11.9 Å². The average Bonchev–Trinajstić information content (AvgIpc) is 2.49. The van der Waals surface area contributed by atoms with Crippen molar-refractivity contribution in [2.45, 2.75) is 26.1 Å². The second-order valence-corrected chi connectivity index (χ2v) is 4.95. The van der Waals surface area contributed by atoms with Crippen LogP contribution in [0.4, 0.5) is 23.2 Å². The normalized spacial score (nSPS) is 17.6. The molecule has 24 heavy (non-hydrogen) atoms. The second kappa shape index (κ2) is 7.84. The summed E-state index contributed by atoms with van der Waals surface area (Å²) in [6, 6.07) is 3.17. The molecule has 1 heterocycles. The van der Waals surface area contributed by atoms with Gasteiger partial charge in [-0.25, -0.2) is 0 Å². The van der Waals surface area contributed by atoms with Crippen molar-refractivity contribution in [1.82, 2.24) is 5.32 Å². The molecule has 2 rings (SSSR count). The minimum atomic E-state index is -3.25. The zero-order chi connectivity index (χ0) is 17.7. The van der Waals surface area contributed by atoms with E-state index in [1.807, 2.05) is 0 Å². The Bertz CT molecular complexity index is 602. The van der Waals surface area contributed by atoms with Crippen LogP contribution in [-0.4, -0.2) is 31.6 Å². The predicted molar refractivity (Wildman–Crippen MR) is 74.1 cm³/mol. The highest BCUT2D eigenvalue weighted by Gasteiger charge is 2.25. The van der Waals surface area contributed by atoms with E-state index in [1.54, 1.807) is 0 Å². The summed E-state index contributed by atoms with van der Waals surface area (Å²) in [5.41, 5.74) is 0.0779. The molecule has 1 aliphatic heterocycles. The Kier molecular flexibility index (Phi) is 5.83. The van der Waals surface area contributed by atoms with Crippen LogP contribution in [0.15, 0.2) is 18.2 Å². The molecule has 0 aliphatic carbocycles. The van der Waals surface area contributed by atoms with Gasteiger partial charge in [-0.1, -0.05) is 0 Å². The lowest BCUT2D eigenvalue weighted by Gasteiger charge is -2.22. The summed E-state index contributed by atoms with van der Waals surface area (Å²) in [6.45, 7) is -6.29. The van der Waals surface area contributed by atoms with Crippen LogP contribution in [0.5, 0.6) is 11.5 Å². The topological polar surface area (TPSA) is 76.7 Å². The van der Waals surface area contributed by atoms with Gasteiger partial charge in [-0.05, 0) is 18.6 Å². The van der Waals surface area contributed by atoms with E-state index >= 15 is 0 Å². The number of nitrogens with one attached hydrogen (secondary N) is 2. The number of hydrogen-bond acceptors (Lipinski definition) is 4. The molecule has 0 spiro atoms. The Balaban J connectivity index is 2.09. The number of amides is 2. The predicted octanol–water partition coefficient (Wildman–Crippen LogP) is 2.35. The standard InChI is InChI=1S/C14H14F4N2O4/c15-13(16)23-9-3-2-8(5-10(9)24-14(17)18)20-12(22)7-1-4-11(21)19-6-7/h2-3,5,7,13-14H,1,4,6H2,(H,19,21)(H,20,22)/t7-/m0/s1. The van der Waals surface area contributed by atoms with Crippen molar-refractivity contribution in [2.24, 2.45) is 5.92 Å². The van der Waals surface area contributed by atoms with Gasteiger partial charge in [0.1, 0.15) is 0 Å². The fourth-order valence-corrected chi connectivity index (χ4v) is 2.17. The van der Waals surface area contributed by atoms with Gasteiger partial charge in [0.05, 0.1) is 5.92 Å². The minimum absolute atomic E-state index is 0.0779. The van der Waals surface area contributed by atoms with Gasteiger partial charge < -0.3 is 20.1 Å². The number of anilines is 1. The zero-order valence-electron chi connectivity index (χ0n) is 12.2. The molecule has 1 atom stereocenters. The average molecular weight is 350 g/mol. The highest BCUT2D eigenvalue weighted by molar-refractivity contribution is 5.94. The number of carbonyl (C=O) groups is 2. The Labute approximate surface area is 134 Å². The van der Waals surface area contributed by atoms with Crippen molar-refractivity contribution < 1.29 is 36.6 Å². The summed E-state index contributed by atoms with van der Waals surface area (Å²) < 4.78 is 57.5. The zero-order valence-corrected chi connectivity index (χ0v) is 12.2. The van der Waals surface area contributed by atoms with Crippen molar-refractivity contribution in [3.05, 3.63) is 18.2 Å². The van der Waals surface area contributed by atoms with E-state index in [9.17, 15) is 27.2 Å². The first-order valence-electron chi connectivity index (χ1n) is 6.96. The molecule has 1 fully saturated rings. The fourth-order valence-electron chi connectivity index (χ4n) is 2.17. The van der Waals surface area contributed by atoms with Crippen molar-refractivity contribution in [3.63, 3.8) is 0 Å². The summed E-state index contributed by atoms with van der Waals surface area (Å²) in [4.78, 5) is 23.1. The third kappa shape index (κ3) is 5.00. The molecule has 1 saturated heterocycles. The molecule has 0 bridgehead atoms. The first-order valence-corrected chi connectivity index (χ1v) is 6.96. The first-order chi connectivity index (χ1) is 11.3. The van der Waals surface area contributed by atoms with Gasteiger partial charge in [-0.2, -0.15) is 17.6 Å². The van der Waals surface area contributed by atoms with Crippen molar-refractivity contribution in [3.8, 4) is 11.5 Å². The van der Waals surface area contributed by atoms with Gasteiger partial charge >= 0.3 is 13.2 Å². The number of benzene rings is 1. The summed E-state index contributed by atoms with van der Waals surface area (Å²) in [5, 5.41) is 5.00. The van der Waals surface area contributed by atoms with E-state index in [2.05, 4.69) is 20.1 Å². The number of carbonyl (C=O) groups excluding carboxylic acids is 2. The number of hydrogen-bond donors (Lipinski definition) is 2. The Hall–Kier alpha value is -2.52. The quantitative estimate of drug-likeness (QED) is 0.772. The molecule has 2 amide bonds. The minimum Gasteiger partial charge on any atom is -0.431 e. The van der Waals surface area contributed by atoms with E-state index in [0.717, 1.165) is 12.1 Å². The van der Waals surface area contributed by atoms with E-state index in [1.165, 1.54) is 6.07 Å². The third-order valence-electron chi connectivity index (χ3n) is 3.28. The monoisotopic (exact) mass is 350 g/mol. The number of halogens is 4. The van der Waals surface area contributed by atoms with Gasteiger partial charge in [0.25, 0.3) is 0 Å². The molecule has 2 N–H and O–H groups in total. The second-order valence-electron chi connectivity index (χ2n) is 4.95. The van der Waals surface area contributed by atoms with Crippen LogP contribution in [-0.2, 0) is 9.59 Å². The highest BCUT2D eigenvalue weighted by atomic mass is 19.3. The van der Waals surface area contributed by atoms with Gasteiger partial charge in [-0.3, -0.25) is 9.59 Å². The number of piperidine rings is 1. The van der Waals surface area contributed by atoms with Gasteiger partial charge in [0, 0.05) is 24.7 Å². The number of alkyl halides is 4. The van der Waals surface area contributed by atoms with Crippen LogP contribution in [0.3, 0.4) is 0 Å². The third-order valence-corrected chi connectivity index (χ3v) is 3.28. The maximum absolute atomic E-state index is 12.4. The molecular formula is C14H14F4N2O4. The summed E-state index contributed by atoms with van der Waals surface area (Å²) in [7, 11) is 0. The van der Waals surface area contributed by atoms with Crippen LogP contribution in [0.1, 0.15) is 12.8 Å². The van der Waals surface area contributed by atoms with Crippen LogP contribution >= 0.6 is 0 Å². The number of rotatable bonds is 6. The van der Waals surface area contributed by atoms with Gasteiger partial charge in [0.15, 0.2) is 11.5 Å². The molecular weight excluding hydrogens is 336 g/mol. The Morgan fingerprint density at radius 1 is 1.17 bits per heavy atom. The molecule has 132 valence electrons. The summed E-state index contributed by atoms with van der Waals surface area (Å²) in [6.07, 6.45) is 0.559.